The number of terminal acetylenes is 1. The van der Waals surface area contributed by atoms with Gasteiger partial charge in [0, 0.05) is 33.2 Å². The first-order chi connectivity index (χ1) is 14.0. The second-order valence-electron chi connectivity index (χ2n) is 6.70. The molecule has 0 aliphatic carbocycles. The maximum absolute atomic E-state index is 12.6. The van der Waals surface area contributed by atoms with Crippen molar-refractivity contribution in [2.45, 2.75) is 13.5 Å². The van der Waals surface area contributed by atoms with E-state index in [9.17, 15) is 9.59 Å². The van der Waals surface area contributed by atoms with Gasteiger partial charge in [-0.05, 0) is 48.5 Å². The maximum Gasteiger partial charge on any atom is 0.294 e. The van der Waals surface area contributed by atoms with E-state index in [-0.39, 0.29) is 17.7 Å². The maximum atomic E-state index is 12.6. The molecule has 0 N–H and O–H groups in total. The van der Waals surface area contributed by atoms with Crippen molar-refractivity contribution in [2.24, 2.45) is 0 Å². The molecule has 6 heteroatoms. The molecular formula is C23H17BrN2O2S. The molecule has 2 amide bonds. The first-order valence-corrected chi connectivity index (χ1v) is 10.6. The standard InChI is InChI=1S/C23H17BrN2O2S/c1-3-12-25-22(27)21(29-23(25)28)13-19-15(2)26(20-7-5-4-6-18(19)20)14-16-8-10-17(24)11-9-16/h1,4-11,13H,12,14H2,2H3. The average molecular weight is 465 g/mol. The van der Waals surface area contributed by atoms with Crippen LogP contribution in [0.2, 0.25) is 0 Å². The number of rotatable bonds is 4. The molecule has 0 radical (unpaired) electrons. The molecule has 0 bridgehead atoms. The Morgan fingerprint density at radius 3 is 2.59 bits per heavy atom. The molecule has 2 aromatic carbocycles. The summed E-state index contributed by atoms with van der Waals surface area (Å²) in [5.74, 6) is 2.04. The summed E-state index contributed by atoms with van der Waals surface area (Å²) in [6.07, 6.45) is 7.10. The lowest BCUT2D eigenvalue weighted by Crippen LogP contribution is -2.28. The summed E-state index contributed by atoms with van der Waals surface area (Å²) in [6, 6.07) is 16.3. The van der Waals surface area contributed by atoms with Crippen molar-refractivity contribution in [1.82, 2.24) is 9.47 Å². The molecule has 0 unspecified atom stereocenters. The van der Waals surface area contributed by atoms with E-state index < -0.39 is 0 Å². The van der Waals surface area contributed by atoms with Crippen molar-refractivity contribution < 1.29 is 9.59 Å². The van der Waals surface area contributed by atoms with Crippen LogP contribution >= 0.6 is 27.7 Å². The highest BCUT2D eigenvalue weighted by Crippen LogP contribution is 2.35. The fourth-order valence-corrected chi connectivity index (χ4v) is 4.56. The minimum absolute atomic E-state index is 0.00762. The number of fused-ring (bicyclic) bond motifs is 1. The van der Waals surface area contributed by atoms with E-state index in [0.717, 1.165) is 43.3 Å². The largest absolute Gasteiger partial charge is 0.340 e. The van der Waals surface area contributed by atoms with Crippen molar-refractivity contribution in [1.29, 1.82) is 0 Å². The Bertz CT molecular complexity index is 1200. The highest BCUT2D eigenvalue weighted by molar-refractivity contribution is 9.10. The molecule has 1 saturated heterocycles. The Labute approximate surface area is 181 Å². The Balaban J connectivity index is 1.79. The van der Waals surface area contributed by atoms with Crippen LogP contribution in [0.3, 0.4) is 0 Å². The predicted molar refractivity (Wildman–Crippen MR) is 121 cm³/mol. The summed E-state index contributed by atoms with van der Waals surface area (Å²) in [5, 5.41) is 0.723. The number of carbonyl (C=O) groups is 2. The van der Waals surface area contributed by atoms with Gasteiger partial charge in [-0.2, -0.15) is 0 Å². The number of amides is 2. The zero-order valence-corrected chi connectivity index (χ0v) is 18.1. The number of carbonyl (C=O) groups excluding carboxylic acids is 2. The number of hydrogen-bond acceptors (Lipinski definition) is 3. The highest BCUT2D eigenvalue weighted by Gasteiger charge is 2.34. The first-order valence-electron chi connectivity index (χ1n) is 9.00. The summed E-state index contributed by atoms with van der Waals surface area (Å²) in [7, 11) is 0. The summed E-state index contributed by atoms with van der Waals surface area (Å²) >= 11 is 4.41. The van der Waals surface area contributed by atoms with E-state index in [1.165, 1.54) is 5.56 Å². The molecule has 1 aliphatic rings. The van der Waals surface area contributed by atoms with Crippen LogP contribution in [0.1, 0.15) is 16.8 Å². The zero-order chi connectivity index (χ0) is 20.5. The summed E-state index contributed by atoms with van der Waals surface area (Å²) < 4.78 is 3.27. The van der Waals surface area contributed by atoms with Crippen LogP contribution < -0.4 is 0 Å². The molecule has 1 aliphatic heterocycles. The lowest BCUT2D eigenvalue weighted by atomic mass is 10.1. The van der Waals surface area contributed by atoms with Gasteiger partial charge in [-0.3, -0.25) is 14.5 Å². The predicted octanol–water partition coefficient (Wildman–Crippen LogP) is 5.43. The smallest absolute Gasteiger partial charge is 0.294 e. The minimum Gasteiger partial charge on any atom is -0.340 e. The average Bonchev–Trinajstić information content (AvgIpc) is 3.13. The molecule has 0 saturated carbocycles. The Morgan fingerprint density at radius 1 is 1.14 bits per heavy atom. The molecule has 0 spiro atoms. The van der Waals surface area contributed by atoms with Crippen LogP contribution in [0.25, 0.3) is 17.0 Å². The molecular weight excluding hydrogens is 448 g/mol. The van der Waals surface area contributed by atoms with Gasteiger partial charge in [-0.25, -0.2) is 0 Å². The van der Waals surface area contributed by atoms with Gasteiger partial charge < -0.3 is 4.57 Å². The van der Waals surface area contributed by atoms with Crippen molar-refractivity contribution in [3.05, 3.63) is 74.7 Å². The fourth-order valence-electron chi connectivity index (χ4n) is 3.47. The molecule has 0 atom stereocenters. The monoisotopic (exact) mass is 464 g/mol. The van der Waals surface area contributed by atoms with Crippen LogP contribution in [0.15, 0.2) is 57.9 Å². The molecule has 29 heavy (non-hydrogen) atoms. The van der Waals surface area contributed by atoms with E-state index in [0.29, 0.717) is 11.4 Å². The zero-order valence-electron chi connectivity index (χ0n) is 15.7. The third kappa shape index (κ3) is 3.64. The van der Waals surface area contributed by atoms with Crippen LogP contribution in [0, 0.1) is 19.3 Å². The van der Waals surface area contributed by atoms with Gasteiger partial charge in [0.2, 0.25) is 0 Å². The Kier molecular flexibility index (Phi) is 5.35. The topological polar surface area (TPSA) is 42.3 Å². The number of para-hydroxylation sites is 1. The number of halogens is 1. The molecule has 2 heterocycles. The number of thioether (sulfide) groups is 1. The number of aromatic nitrogens is 1. The van der Waals surface area contributed by atoms with E-state index in [2.05, 4.69) is 44.6 Å². The third-order valence-corrected chi connectivity index (χ3v) is 6.37. The molecule has 1 aromatic heterocycles. The van der Waals surface area contributed by atoms with Gasteiger partial charge in [0.15, 0.2) is 0 Å². The molecule has 3 aromatic rings. The summed E-state index contributed by atoms with van der Waals surface area (Å²) in [6.45, 7) is 2.74. The van der Waals surface area contributed by atoms with Gasteiger partial charge in [0.05, 0.1) is 11.4 Å². The summed E-state index contributed by atoms with van der Waals surface area (Å²) in [5.41, 5.74) is 4.25. The van der Waals surface area contributed by atoms with Crippen LogP contribution in [0.5, 0.6) is 0 Å². The Morgan fingerprint density at radius 2 is 1.86 bits per heavy atom. The lowest BCUT2D eigenvalue weighted by Gasteiger charge is -2.09. The van der Waals surface area contributed by atoms with E-state index in [1.54, 1.807) is 0 Å². The van der Waals surface area contributed by atoms with Crippen LogP contribution in [-0.4, -0.2) is 27.2 Å². The molecule has 1 fully saturated rings. The molecule has 144 valence electrons. The van der Waals surface area contributed by atoms with Gasteiger partial charge in [-0.15, -0.1) is 6.42 Å². The van der Waals surface area contributed by atoms with Crippen molar-refractivity contribution in [3.8, 4) is 12.3 Å². The summed E-state index contributed by atoms with van der Waals surface area (Å²) in [4.78, 5) is 26.2. The third-order valence-electron chi connectivity index (χ3n) is 4.93. The van der Waals surface area contributed by atoms with Crippen LogP contribution in [-0.2, 0) is 11.3 Å². The van der Waals surface area contributed by atoms with E-state index in [1.807, 2.05) is 43.3 Å². The number of benzene rings is 2. The van der Waals surface area contributed by atoms with Crippen molar-refractivity contribution in [2.75, 3.05) is 6.54 Å². The minimum atomic E-state index is -0.331. The van der Waals surface area contributed by atoms with Gasteiger partial charge in [0.1, 0.15) is 0 Å². The van der Waals surface area contributed by atoms with Crippen molar-refractivity contribution >= 4 is 55.8 Å². The second kappa shape index (κ2) is 7.94. The SMILES string of the molecule is C#CCN1C(=O)SC(=Cc2c(C)n(Cc3ccc(Br)cc3)c3ccccc23)C1=O. The number of hydrogen-bond donors (Lipinski definition) is 0. The number of imide groups is 1. The van der Waals surface area contributed by atoms with Gasteiger partial charge in [0.25, 0.3) is 11.1 Å². The van der Waals surface area contributed by atoms with E-state index >= 15 is 0 Å². The number of nitrogens with zero attached hydrogens (tertiary/aromatic N) is 2. The quantitative estimate of drug-likeness (QED) is 0.381. The fraction of sp³-hybridized carbons (Fsp3) is 0.130. The first kappa shape index (κ1) is 19.6. The van der Waals surface area contributed by atoms with Gasteiger partial charge >= 0.3 is 0 Å². The van der Waals surface area contributed by atoms with Crippen LogP contribution in [0.4, 0.5) is 4.79 Å². The Hall–Kier alpha value is -2.75. The lowest BCUT2D eigenvalue weighted by molar-refractivity contribution is -0.122. The highest BCUT2D eigenvalue weighted by atomic mass is 79.9. The second-order valence-corrected chi connectivity index (χ2v) is 8.61. The molecule has 4 nitrogen and oxygen atoms in total. The van der Waals surface area contributed by atoms with E-state index in [4.69, 9.17) is 6.42 Å². The molecule has 4 rings (SSSR count). The van der Waals surface area contributed by atoms with Crippen molar-refractivity contribution in [3.63, 3.8) is 0 Å². The van der Waals surface area contributed by atoms with Gasteiger partial charge in [-0.1, -0.05) is 52.2 Å². The normalized spacial score (nSPS) is 15.5.